The van der Waals surface area contributed by atoms with Crippen molar-refractivity contribution in [3.63, 3.8) is 0 Å². The van der Waals surface area contributed by atoms with Crippen molar-refractivity contribution in [3.05, 3.63) is 28.8 Å². The van der Waals surface area contributed by atoms with Gasteiger partial charge in [-0.25, -0.2) is 0 Å². The summed E-state index contributed by atoms with van der Waals surface area (Å²) in [6, 6.07) is 6.26. The van der Waals surface area contributed by atoms with Gasteiger partial charge >= 0.3 is 0 Å². The number of ether oxygens (including phenoxy) is 1. The van der Waals surface area contributed by atoms with E-state index in [0.29, 0.717) is 11.5 Å². The Bertz CT molecular complexity index is 398. The molecule has 1 atom stereocenters. The molecular weight excluding hydrogens is 258 g/mol. The zero-order valence-corrected chi connectivity index (χ0v) is 13.5. The van der Waals surface area contributed by atoms with Crippen molar-refractivity contribution in [1.29, 1.82) is 0 Å². The van der Waals surface area contributed by atoms with E-state index in [2.05, 4.69) is 33.0 Å². The molecule has 0 saturated carbocycles. The molecular formula is C16H26ClNO. The number of hydrogen-bond acceptors (Lipinski definition) is 2. The molecule has 1 aromatic rings. The van der Waals surface area contributed by atoms with Crippen LogP contribution in [-0.4, -0.2) is 19.7 Å². The van der Waals surface area contributed by atoms with Crippen LogP contribution in [0.3, 0.4) is 0 Å². The van der Waals surface area contributed by atoms with Crippen LogP contribution in [0.1, 0.15) is 39.7 Å². The minimum atomic E-state index is 0.304. The maximum absolute atomic E-state index is 6.09. The lowest BCUT2D eigenvalue weighted by Crippen LogP contribution is -2.34. The molecule has 3 heteroatoms. The molecule has 1 rings (SSSR count). The molecule has 0 bridgehead atoms. The molecule has 1 unspecified atom stereocenters. The number of rotatable bonds is 6. The second-order valence-electron chi connectivity index (χ2n) is 6.18. The van der Waals surface area contributed by atoms with E-state index < -0.39 is 0 Å². The molecule has 0 radical (unpaired) electrons. The van der Waals surface area contributed by atoms with Crippen molar-refractivity contribution < 1.29 is 4.74 Å². The zero-order chi connectivity index (χ0) is 14.5. The summed E-state index contributed by atoms with van der Waals surface area (Å²) in [6.07, 6.45) is 2.06. The van der Waals surface area contributed by atoms with E-state index in [4.69, 9.17) is 16.3 Å². The second kappa shape index (κ2) is 7.16. The fourth-order valence-corrected chi connectivity index (χ4v) is 2.61. The maximum Gasteiger partial charge on any atom is 0.122 e. The van der Waals surface area contributed by atoms with Gasteiger partial charge in [0.25, 0.3) is 0 Å². The number of hydrogen-bond donors (Lipinski definition) is 1. The fraction of sp³-hybridized carbons (Fsp3) is 0.625. The van der Waals surface area contributed by atoms with Crippen LogP contribution in [0.4, 0.5) is 0 Å². The highest BCUT2D eigenvalue weighted by Crippen LogP contribution is 2.27. The predicted octanol–water partition coefficient (Wildman–Crippen LogP) is 4.31. The second-order valence-corrected chi connectivity index (χ2v) is 6.62. The Morgan fingerprint density at radius 1 is 1.32 bits per heavy atom. The van der Waals surface area contributed by atoms with Crippen molar-refractivity contribution >= 4 is 11.6 Å². The smallest absolute Gasteiger partial charge is 0.122 e. The van der Waals surface area contributed by atoms with Crippen molar-refractivity contribution in [3.8, 4) is 5.75 Å². The van der Waals surface area contributed by atoms with Crippen LogP contribution in [-0.2, 0) is 6.42 Å². The molecule has 1 N–H and O–H groups in total. The molecule has 0 aliphatic carbocycles. The fourth-order valence-electron chi connectivity index (χ4n) is 2.42. The van der Waals surface area contributed by atoms with Crippen LogP contribution in [0.15, 0.2) is 18.2 Å². The van der Waals surface area contributed by atoms with Crippen LogP contribution in [0.2, 0.25) is 5.02 Å². The maximum atomic E-state index is 6.09. The largest absolute Gasteiger partial charge is 0.496 e. The minimum Gasteiger partial charge on any atom is -0.496 e. The molecule has 0 saturated heterocycles. The highest BCUT2D eigenvalue weighted by atomic mass is 35.5. The average Bonchev–Trinajstić information content (AvgIpc) is 2.27. The number of nitrogens with one attached hydrogen (secondary N) is 1. The molecule has 0 aliphatic rings. The van der Waals surface area contributed by atoms with Crippen LogP contribution in [0.5, 0.6) is 5.75 Å². The van der Waals surface area contributed by atoms with Gasteiger partial charge in [-0.05, 0) is 48.6 Å². The van der Waals surface area contributed by atoms with Gasteiger partial charge in [0, 0.05) is 11.1 Å². The highest BCUT2D eigenvalue weighted by molar-refractivity contribution is 6.30. The molecule has 0 heterocycles. The summed E-state index contributed by atoms with van der Waals surface area (Å²) in [7, 11) is 1.71. The molecule has 1 aromatic carbocycles. The van der Waals surface area contributed by atoms with Crippen molar-refractivity contribution in [2.75, 3.05) is 13.7 Å². The lowest BCUT2D eigenvalue weighted by atomic mass is 9.85. The van der Waals surface area contributed by atoms with Gasteiger partial charge in [0.2, 0.25) is 0 Å². The summed E-state index contributed by atoms with van der Waals surface area (Å²) in [6.45, 7) is 9.93. The van der Waals surface area contributed by atoms with Crippen LogP contribution >= 0.6 is 11.6 Å². The van der Waals surface area contributed by atoms with E-state index in [0.717, 1.165) is 30.2 Å². The Morgan fingerprint density at radius 2 is 2.00 bits per heavy atom. The van der Waals surface area contributed by atoms with E-state index in [9.17, 15) is 0 Å². The van der Waals surface area contributed by atoms with Gasteiger partial charge in [0.1, 0.15) is 5.75 Å². The van der Waals surface area contributed by atoms with E-state index in [-0.39, 0.29) is 0 Å². The number of halogens is 1. The highest BCUT2D eigenvalue weighted by Gasteiger charge is 2.19. The average molecular weight is 284 g/mol. The first-order chi connectivity index (χ1) is 8.85. The van der Waals surface area contributed by atoms with Gasteiger partial charge in [-0.15, -0.1) is 0 Å². The summed E-state index contributed by atoms with van der Waals surface area (Å²) in [5.74, 6) is 0.918. The molecule has 108 valence electrons. The van der Waals surface area contributed by atoms with Gasteiger partial charge in [0.05, 0.1) is 7.11 Å². The molecule has 0 spiro atoms. The van der Waals surface area contributed by atoms with Crippen molar-refractivity contribution in [2.24, 2.45) is 5.41 Å². The summed E-state index contributed by atoms with van der Waals surface area (Å²) >= 11 is 6.09. The van der Waals surface area contributed by atoms with E-state index in [1.165, 1.54) is 5.56 Å². The quantitative estimate of drug-likeness (QED) is 0.840. The first-order valence-corrected chi connectivity index (χ1v) is 7.29. The summed E-state index contributed by atoms with van der Waals surface area (Å²) in [5, 5.41) is 4.33. The summed E-state index contributed by atoms with van der Waals surface area (Å²) in [4.78, 5) is 0. The number of likely N-dealkylation sites (N-methyl/N-ethyl adjacent to an activating group) is 1. The predicted molar refractivity (Wildman–Crippen MR) is 83.2 cm³/mol. The third kappa shape index (κ3) is 5.84. The topological polar surface area (TPSA) is 21.3 Å². The molecule has 2 nitrogen and oxygen atoms in total. The Balaban J connectivity index is 2.86. The number of benzene rings is 1. The van der Waals surface area contributed by atoms with Crippen molar-refractivity contribution in [1.82, 2.24) is 5.32 Å². The Morgan fingerprint density at radius 3 is 2.53 bits per heavy atom. The Hall–Kier alpha value is -0.730. The van der Waals surface area contributed by atoms with Gasteiger partial charge in [-0.2, -0.15) is 0 Å². The zero-order valence-electron chi connectivity index (χ0n) is 12.7. The van der Waals surface area contributed by atoms with E-state index >= 15 is 0 Å². The van der Waals surface area contributed by atoms with E-state index in [1.807, 2.05) is 18.2 Å². The monoisotopic (exact) mass is 283 g/mol. The molecule has 0 aliphatic heterocycles. The molecule has 0 amide bonds. The van der Waals surface area contributed by atoms with E-state index in [1.54, 1.807) is 7.11 Å². The summed E-state index contributed by atoms with van der Waals surface area (Å²) in [5.41, 5.74) is 1.48. The van der Waals surface area contributed by atoms with Gasteiger partial charge < -0.3 is 10.1 Å². The van der Waals surface area contributed by atoms with Crippen LogP contribution in [0, 0.1) is 5.41 Å². The number of methoxy groups -OCH3 is 1. The minimum absolute atomic E-state index is 0.304. The third-order valence-corrected chi connectivity index (χ3v) is 3.30. The standard InChI is InChI=1S/C16H26ClNO/c1-6-18-14(11-16(2,3)4)10-12-9-13(17)7-8-15(12)19-5/h7-9,14,18H,6,10-11H2,1-5H3. The summed E-state index contributed by atoms with van der Waals surface area (Å²) < 4.78 is 5.42. The van der Waals surface area contributed by atoms with Gasteiger partial charge in [-0.1, -0.05) is 39.3 Å². The first-order valence-electron chi connectivity index (χ1n) is 6.91. The van der Waals surface area contributed by atoms with Crippen LogP contribution in [0.25, 0.3) is 0 Å². The van der Waals surface area contributed by atoms with Crippen LogP contribution < -0.4 is 10.1 Å². The lowest BCUT2D eigenvalue weighted by Gasteiger charge is -2.27. The normalized spacial score (nSPS) is 13.4. The molecule has 0 fully saturated rings. The van der Waals surface area contributed by atoms with Gasteiger partial charge in [-0.3, -0.25) is 0 Å². The third-order valence-electron chi connectivity index (χ3n) is 3.06. The SMILES string of the molecule is CCNC(Cc1cc(Cl)ccc1OC)CC(C)(C)C. The first kappa shape index (κ1) is 16.3. The molecule has 0 aromatic heterocycles. The van der Waals surface area contributed by atoms with Gasteiger partial charge in [0.15, 0.2) is 0 Å². The Labute approximate surface area is 122 Å². The molecule has 19 heavy (non-hydrogen) atoms. The lowest BCUT2D eigenvalue weighted by molar-refractivity contribution is 0.307. The Kier molecular flexibility index (Phi) is 6.15. The van der Waals surface area contributed by atoms with Crippen molar-refractivity contribution in [2.45, 2.75) is 46.6 Å².